The highest BCUT2D eigenvalue weighted by Crippen LogP contribution is 2.25. The number of benzene rings is 2. The molecule has 6 nitrogen and oxygen atoms in total. The summed E-state index contributed by atoms with van der Waals surface area (Å²) >= 11 is 0. The summed E-state index contributed by atoms with van der Waals surface area (Å²) in [6, 6.07) is 15.5. The second-order valence-corrected chi connectivity index (χ2v) is 9.37. The maximum absolute atomic E-state index is 13.3. The van der Waals surface area contributed by atoms with Crippen LogP contribution in [0.2, 0.25) is 0 Å². The molecule has 0 aromatic heterocycles. The van der Waals surface area contributed by atoms with Crippen molar-refractivity contribution in [2.45, 2.75) is 43.6 Å². The summed E-state index contributed by atoms with van der Waals surface area (Å²) in [5.41, 5.74) is 1.57. The van der Waals surface area contributed by atoms with E-state index in [2.05, 4.69) is 19.2 Å². The van der Waals surface area contributed by atoms with Crippen molar-refractivity contribution >= 4 is 21.6 Å². The van der Waals surface area contributed by atoms with Gasteiger partial charge in [0.2, 0.25) is 5.91 Å². The van der Waals surface area contributed by atoms with Gasteiger partial charge in [0.25, 0.3) is 10.0 Å². The van der Waals surface area contributed by atoms with Gasteiger partial charge in [-0.05, 0) is 48.6 Å². The highest BCUT2D eigenvalue weighted by atomic mass is 32.2. The lowest BCUT2D eigenvalue weighted by Gasteiger charge is -2.25. The van der Waals surface area contributed by atoms with Crippen LogP contribution in [-0.2, 0) is 19.6 Å². The van der Waals surface area contributed by atoms with Gasteiger partial charge in [-0.15, -0.1) is 0 Å². The average Bonchev–Trinajstić information content (AvgIpc) is 3.25. The summed E-state index contributed by atoms with van der Waals surface area (Å²) in [5.74, 6) is -0.0223. The Balaban J connectivity index is 1.83. The van der Waals surface area contributed by atoms with E-state index >= 15 is 0 Å². The summed E-state index contributed by atoms with van der Waals surface area (Å²) < 4.78 is 33.2. The topological polar surface area (TPSA) is 75.7 Å². The van der Waals surface area contributed by atoms with Crippen molar-refractivity contribution in [1.82, 2.24) is 5.32 Å². The number of ether oxygens (including phenoxy) is 1. The molecule has 0 aliphatic carbocycles. The second-order valence-electron chi connectivity index (χ2n) is 7.51. The van der Waals surface area contributed by atoms with Crippen molar-refractivity contribution in [2.24, 2.45) is 0 Å². The molecule has 0 spiro atoms. The number of nitrogens with zero attached hydrogens (tertiary/aromatic N) is 1. The van der Waals surface area contributed by atoms with Crippen molar-refractivity contribution in [3.8, 4) is 0 Å². The molecule has 1 heterocycles. The monoisotopic (exact) mass is 416 g/mol. The maximum atomic E-state index is 13.3. The Hall–Kier alpha value is -2.38. The number of hydrogen-bond donors (Lipinski definition) is 1. The van der Waals surface area contributed by atoms with Crippen LogP contribution < -0.4 is 9.62 Å². The fourth-order valence-electron chi connectivity index (χ4n) is 3.28. The smallest absolute Gasteiger partial charge is 0.264 e. The maximum Gasteiger partial charge on any atom is 0.264 e. The molecule has 1 saturated heterocycles. The van der Waals surface area contributed by atoms with Gasteiger partial charge in [-0.25, -0.2) is 8.42 Å². The van der Waals surface area contributed by atoms with Crippen LogP contribution in [-0.4, -0.2) is 40.1 Å². The molecular weight excluding hydrogens is 388 g/mol. The van der Waals surface area contributed by atoms with Gasteiger partial charge in [0.15, 0.2) is 0 Å². The van der Waals surface area contributed by atoms with Crippen LogP contribution in [0.3, 0.4) is 0 Å². The van der Waals surface area contributed by atoms with E-state index in [4.69, 9.17) is 4.74 Å². The number of sulfonamides is 1. The van der Waals surface area contributed by atoms with E-state index in [1.165, 1.54) is 12.1 Å². The first kappa shape index (κ1) is 21.3. The zero-order valence-electron chi connectivity index (χ0n) is 16.9. The van der Waals surface area contributed by atoms with Gasteiger partial charge in [0.1, 0.15) is 6.54 Å². The van der Waals surface area contributed by atoms with E-state index in [-0.39, 0.29) is 23.5 Å². The van der Waals surface area contributed by atoms with E-state index in [1.807, 2.05) is 12.1 Å². The molecule has 0 bridgehead atoms. The van der Waals surface area contributed by atoms with Gasteiger partial charge in [-0.1, -0.05) is 44.2 Å². The first-order chi connectivity index (χ1) is 13.9. The first-order valence-electron chi connectivity index (χ1n) is 9.94. The van der Waals surface area contributed by atoms with Gasteiger partial charge in [-0.3, -0.25) is 9.10 Å². The summed E-state index contributed by atoms with van der Waals surface area (Å²) in [5, 5.41) is 2.81. The Morgan fingerprint density at radius 1 is 1.14 bits per heavy atom. The van der Waals surface area contributed by atoms with E-state index < -0.39 is 10.0 Å². The van der Waals surface area contributed by atoms with Gasteiger partial charge >= 0.3 is 0 Å². The van der Waals surface area contributed by atoms with Gasteiger partial charge < -0.3 is 10.1 Å². The van der Waals surface area contributed by atoms with Crippen LogP contribution in [0.15, 0.2) is 59.5 Å². The van der Waals surface area contributed by atoms with Crippen LogP contribution in [0.4, 0.5) is 5.69 Å². The fraction of sp³-hybridized carbons (Fsp3) is 0.409. The predicted octanol–water partition coefficient (Wildman–Crippen LogP) is 3.30. The molecule has 2 aromatic rings. The summed E-state index contributed by atoms with van der Waals surface area (Å²) in [4.78, 5) is 12.7. The zero-order valence-corrected chi connectivity index (χ0v) is 17.7. The summed E-state index contributed by atoms with van der Waals surface area (Å²) in [7, 11) is -3.88. The van der Waals surface area contributed by atoms with Crippen LogP contribution in [0.25, 0.3) is 0 Å². The fourth-order valence-corrected chi connectivity index (χ4v) is 4.72. The van der Waals surface area contributed by atoms with Crippen LogP contribution >= 0.6 is 0 Å². The van der Waals surface area contributed by atoms with Crippen LogP contribution in [0.5, 0.6) is 0 Å². The third-order valence-corrected chi connectivity index (χ3v) is 6.81. The lowest BCUT2D eigenvalue weighted by Crippen LogP contribution is -2.42. The average molecular weight is 417 g/mol. The van der Waals surface area contributed by atoms with Crippen molar-refractivity contribution in [3.05, 3.63) is 60.2 Å². The molecule has 3 rings (SSSR count). The molecule has 1 fully saturated rings. The quantitative estimate of drug-likeness (QED) is 0.716. The molecule has 0 unspecified atom stereocenters. The van der Waals surface area contributed by atoms with E-state index in [9.17, 15) is 13.2 Å². The Bertz CT molecular complexity index is 906. The molecule has 156 valence electrons. The number of carbonyl (C=O) groups is 1. The minimum atomic E-state index is -3.88. The van der Waals surface area contributed by atoms with Crippen molar-refractivity contribution in [3.63, 3.8) is 0 Å². The third-order valence-electron chi connectivity index (χ3n) is 5.02. The number of rotatable bonds is 8. The van der Waals surface area contributed by atoms with Crippen molar-refractivity contribution in [1.29, 1.82) is 0 Å². The third kappa shape index (κ3) is 5.36. The normalized spacial score (nSPS) is 16.7. The lowest BCUT2D eigenvalue weighted by atomic mass is 10.0. The number of hydrogen-bond acceptors (Lipinski definition) is 4. The molecular formula is C22H28N2O4S. The van der Waals surface area contributed by atoms with Gasteiger partial charge in [0, 0.05) is 13.2 Å². The number of anilines is 1. The van der Waals surface area contributed by atoms with Crippen LogP contribution in [0, 0.1) is 0 Å². The molecule has 7 heteroatoms. The molecule has 1 N–H and O–H groups in total. The molecule has 29 heavy (non-hydrogen) atoms. The zero-order chi connectivity index (χ0) is 20.9. The second kappa shape index (κ2) is 9.41. The molecule has 1 aliphatic rings. The van der Waals surface area contributed by atoms with Gasteiger partial charge in [-0.2, -0.15) is 0 Å². The minimum absolute atomic E-state index is 0.00320. The molecule has 2 aromatic carbocycles. The molecule has 0 radical (unpaired) electrons. The summed E-state index contributed by atoms with van der Waals surface area (Å²) in [6.45, 7) is 4.96. The number of amides is 1. The summed E-state index contributed by atoms with van der Waals surface area (Å²) in [6.07, 6.45) is 1.89. The van der Waals surface area contributed by atoms with Crippen molar-refractivity contribution < 1.29 is 17.9 Å². The highest BCUT2D eigenvalue weighted by molar-refractivity contribution is 7.92. The van der Waals surface area contributed by atoms with Crippen LogP contribution in [0.1, 0.15) is 38.2 Å². The van der Waals surface area contributed by atoms with E-state index in [0.29, 0.717) is 24.8 Å². The minimum Gasteiger partial charge on any atom is -0.376 e. The lowest BCUT2D eigenvalue weighted by molar-refractivity contribution is -0.120. The standard InChI is InChI=1S/C22H28N2O4S/c1-17(2)18-10-12-19(13-11-18)24(29(26,27)21-8-4-3-5-9-21)16-22(25)23-15-20-7-6-14-28-20/h3-5,8-13,17,20H,6-7,14-16H2,1-2H3,(H,23,25)/t20-/m0/s1. The van der Waals surface area contributed by atoms with Crippen molar-refractivity contribution in [2.75, 3.05) is 24.0 Å². The number of nitrogens with one attached hydrogen (secondary N) is 1. The Morgan fingerprint density at radius 2 is 1.83 bits per heavy atom. The van der Waals surface area contributed by atoms with E-state index in [0.717, 1.165) is 22.7 Å². The molecule has 0 saturated carbocycles. The molecule has 1 aliphatic heterocycles. The highest BCUT2D eigenvalue weighted by Gasteiger charge is 2.27. The predicted molar refractivity (Wildman–Crippen MR) is 113 cm³/mol. The van der Waals surface area contributed by atoms with Gasteiger partial charge in [0.05, 0.1) is 16.7 Å². The molecule has 1 amide bonds. The Labute approximate surface area is 172 Å². The SMILES string of the molecule is CC(C)c1ccc(N(CC(=O)NC[C@@H]2CCCO2)S(=O)(=O)c2ccccc2)cc1. The Kier molecular flexibility index (Phi) is 6.92. The number of carbonyl (C=O) groups excluding carboxylic acids is 1. The van der Waals surface area contributed by atoms with E-state index in [1.54, 1.807) is 30.3 Å². The molecule has 1 atom stereocenters. The first-order valence-corrected chi connectivity index (χ1v) is 11.4. The Morgan fingerprint density at radius 3 is 2.41 bits per heavy atom. The largest absolute Gasteiger partial charge is 0.376 e.